The number of hydrogen-bond acceptors (Lipinski definition) is 5. The van der Waals surface area contributed by atoms with E-state index in [0.717, 1.165) is 34.2 Å². The van der Waals surface area contributed by atoms with E-state index >= 15 is 0 Å². The summed E-state index contributed by atoms with van der Waals surface area (Å²) in [6, 6.07) is 17.1. The fraction of sp³-hybridized carbons (Fsp3) is 0.259. The van der Waals surface area contributed by atoms with E-state index < -0.39 is 6.04 Å². The van der Waals surface area contributed by atoms with E-state index in [1.807, 2.05) is 61.5 Å². The van der Waals surface area contributed by atoms with E-state index in [2.05, 4.69) is 22.3 Å². The molecule has 33 heavy (non-hydrogen) atoms. The van der Waals surface area contributed by atoms with Crippen molar-refractivity contribution in [3.8, 4) is 0 Å². The molecule has 2 heterocycles. The van der Waals surface area contributed by atoms with E-state index in [-0.39, 0.29) is 17.9 Å². The standard InChI is InChI=1S/C27H28N4O2/c1-4-19-8-10-21(11-9-19)26(28-3)25(32)17-31-27(33)23-14-18(2)7-12-22(23)24(30-31)15-20-6-5-13-29-16-20/h5-14,16,26,28H,4,15,17H2,1-3H3. The normalized spacial score (nSPS) is 12.1. The highest BCUT2D eigenvalue weighted by Gasteiger charge is 2.21. The second kappa shape index (κ2) is 9.88. The Bertz CT molecular complexity index is 1330. The average Bonchev–Trinajstić information content (AvgIpc) is 2.83. The third kappa shape index (κ3) is 4.91. The zero-order valence-corrected chi connectivity index (χ0v) is 19.2. The summed E-state index contributed by atoms with van der Waals surface area (Å²) >= 11 is 0. The fourth-order valence-corrected chi connectivity index (χ4v) is 4.10. The molecular weight excluding hydrogens is 412 g/mol. The van der Waals surface area contributed by atoms with Gasteiger partial charge >= 0.3 is 0 Å². The number of nitrogens with zero attached hydrogens (tertiary/aromatic N) is 3. The van der Waals surface area contributed by atoms with Crippen LogP contribution in [0.25, 0.3) is 10.8 Å². The summed E-state index contributed by atoms with van der Waals surface area (Å²) in [5, 5.41) is 9.10. The topological polar surface area (TPSA) is 76.9 Å². The average molecular weight is 441 g/mol. The van der Waals surface area contributed by atoms with Crippen LogP contribution in [0.15, 0.2) is 71.8 Å². The highest BCUT2D eigenvalue weighted by atomic mass is 16.1. The number of likely N-dealkylation sites (N-methyl/N-ethyl adjacent to an activating group) is 1. The number of pyridine rings is 1. The number of nitrogens with one attached hydrogen (secondary N) is 1. The smallest absolute Gasteiger partial charge is 0.275 e. The van der Waals surface area contributed by atoms with Crippen molar-refractivity contribution < 1.29 is 4.79 Å². The largest absolute Gasteiger partial charge is 0.307 e. The Labute approximate surface area is 193 Å². The van der Waals surface area contributed by atoms with Gasteiger partial charge in [0.25, 0.3) is 5.56 Å². The van der Waals surface area contributed by atoms with Gasteiger partial charge in [0.1, 0.15) is 6.54 Å². The van der Waals surface area contributed by atoms with Crippen molar-refractivity contribution in [1.29, 1.82) is 0 Å². The number of Topliss-reactive ketones (excluding diaryl/α,β-unsaturated/α-hetero) is 1. The van der Waals surface area contributed by atoms with Crippen LogP contribution >= 0.6 is 0 Å². The molecule has 0 radical (unpaired) electrons. The minimum atomic E-state index is -0.514. The zero-order valence-electron chi connectivity index (χ0n) is 19.2. The van der Waals surface area contributed by atoms with Crippen LogP contribution in [-0.4, -0.2) is 27.6 Å². The van der Waals surface area contributed by atoms with Gasteiger partial charge in [-0.25, -0.2) is 4.68 Å². The molecule has 0 saturated heterocycles. The summed E-state index contributed by atoms with van der Waals surface area (Å²) in [6.07, 6.45) is 4.98. The van der Waals surface area contributed by atoms with Crippen LogP contribution in [0.4, 0.5) is 0 Å². The molecule has 0 fully saturated rings. The summed E-state index contributed by atoms with van der Waals surface area (Å²) in [7, 11) is 1.75. The Kier molecular flexibility index (Phi) is 6.75. The Hall–Kier alpha value is -3.64. The first kappa shape index (κ1) is 22.6. The maximum atomic E-state index is 13.3. The summed E-state index contributed by atoms with van der Waals surface area (Å²) in [4.78, 5) is 30.7. The summed E-state index contributed by atoms with van der Waals surface area (Å²) < 4.78 is 1.31. The first-order valence-corrected chi connectivity index (χ1v) is 11.2. The molecule has 2 aromatic carbocycles. The van der Waals surface area contributed by atoms with Crippen molar-refractivity contribution in [1.82, 2.24) is 20.1 Å². The third-order valence-electron chi connectivity index (χ3n) is 5.92. The molecule has 0 aliphatic carbocycles. The van der Waals surface area contributed by atoms with E-state index in [1.165, 1.54) is 10.2 Å². The van der Waals surface area contributed by atoms with Gasteiger partial charge in [-0.15, -0.1) is 0 Å². The maximum absolute atomic E-state index is 13.3. The highest BCUT2D eigenvalue weighted by molar-refractivity contribution is 5.87. The lowest BCUT2D eigenvalue weighted by atomic mass is 10.0. The molecule has 0 saturated carbocycles. The van der Waals surface area contributed by atoms with Crippen LogP contribution in [0.2, 0.25) is 0 Å². The monoisotopic (exact) mass is 440 g/mol. The van der Waals surface area contributed by atoms with Gasteiger partial charge in [-0.05, 0) is 49.2 Å². The predicted octanol–water partition coefficient (Wildman–Crippen LogP) is 3.78. The third-order valence-corrected chi connectivity index (χ3v) is 5.92. The molecule has 2 aromatic heterocycles. The maximum Gasteiger partial charge on any atom is 0.275 e. The number of fused-ring (bicyclic) bond motifs is 1. The Balaban J connectivity index is 1.72. The fourth-order valence-electron chi connectivity index (χ4n) is 4.10. The lowest BCUT2D eigenvalue weighted by Gasteiger charge is -2.17. The molecule has 6 heteroatoms. The van der Waals surface area contributed by atoms with Gasteiger partial charge < -0.3 is 5.32 Å². The number of ketones is 1. The van der Waals surface area contributed by atoms with Crippen molar-refractivity contribution in [3.05, 3.63) is 105 Å². The number of aromatic nitrogens is 3. The molecular formula is C27H28N4O2. The van der Waals surface area contributed by atoms with Crippen molar-refractivity contribution in [2.24, 2.45) is 0 Å². The van der Waals surface area contributed by atoms with Crippen LogP contribution in [0.1, 0.15) is 40.9 Å². The molecule has 0 amide bonds. The number of rotatable bonds is 8. The summed E-state index contributed by atoms with van der Waals surface area (Å²) in [5.41, 5.74) is 4.56. The highest BCUT2D eigenvalue weighted by Crippen LogP contribution is 2.20. The lowest BCUT2D eigenvalue weighted by molar-refractivity contribution is -0.121. The Morgan fingerprint density at radius 1 is 1.06 bits per heavy atom. The lowest BCUT2D eigenvalue weighted by Crippen LogP contribution is -2.34. The van der Waals surface area contributed by atoms with Gasteiger partial charge in [-0.3, -0.25) is 14.6 Å². The van der Waals surface area contributed by atoms with Gasteiger partial charge in [-0.1, -0.05) is 55.0 Å². The number of carbonyl (C=O) groups is 1. The van der Waals surface area contributed by atoms with Gasteiger partial charge in [-0.2, -0.15) is 5.10 Å². The van der Waals surface area contributed by atoms with Crippen LogP contribution in [0.5, 0.6) is 0 Å². The van der Waals surface area contributed by atoms with Crippen molar-refractivity contribution in [2.75, 3.05) is 7.05 Å². The molecule has 168 valence electrons. The second-order valence-corrected chi connectivity index (χ2v) is 8.28. The second-order valence-electron chi connectivity index (χ2n) is 8.28. The molecule has 6 nitrogen and oxygen atoms in total. The predicted molar refractivity (Wildman–Crippen MR) is 130 cm³/mol. The van der Waals surface area contributed by atoms with Crippen LogP contribution < -0.4 is 10.9 Å². The molecule has 4 rings (SSSR count). The molecule has 0 spiro atoms. The van der Waals surface area contributed by atoms with Crippen molar-refractivity contribution in [2.45, 2.75) is 39.3 Å². The van der Waals surface area contributed by atoms with Crippen molar-refractivity contribution in [3.63, 3.8) is 0 Å². The Morgan fingerprint density at radius 2 is 1.85 bits per heavy atom. The van der Waals surface area contributed by atoms with Gasteiger partial charge in [0.2, 0.25) is 0 Å². The number of hydrogen-bond donors (Lipinski definition) is 1. The van der Waals surface area contributed by atoms with Crippen LogP contribution in [0, 0.1) is 6.92 Å². The number of aryl methyl sites for hydroxylation is 2. The molecule has 0 aliphatic rings. The molecule has 0 bridgehead atoms. The van der Waals surface area contributed by atoms with Crippen LogP contribution in [-0.2, 0) is 24.2 Å². The van der Waals surface area contributed by atoms with E-state index in [0.29, 0.717) is 11.8 Å². The molecule has 0 aliphatic heterocycles. The van der Waals surface area contributed by atoms with Gasteiger partial charge in [0.05, 0.1) is 17.1 Å². The minimum absolute atomic E-state index is 0.107. The number of carbonyl (C=O) groups excluding carboxylic acids is 1. The first-order chi connectivity index (χ1) is 16.0. The van der Waals surface area contributed by atoms with E-state index in [9.17, 15) is 9.59 Å². The molecule has 1 atom stereocenters. The van der Waals surface area contributed by atoms with E-state index in [4.69, 9.17) is 0 Å². The Morgan fingerprint density at radius 3 is 2.52 bits per heavy atom. The number of benzene rings is 2. The molecule has 4 aromatic rings. The van der Waals surface area contributed by atoms with Crippen LogP contribution in [0.3, 0.4) is 0 Å². The van der Waals surface area contributed by atoms with E-state index in [1.54, 1.807) is 19.4 Å². The minimum Gasteiger partial charge on any atom is -0.307 e. The summed E-state index contributed by atoms with van der Waals surface area (Å²) in [5.74, 6) is -0.115. The SMILES string of the molecule is CCc1ccc(C(NC)C(=O)Cn2nc(Cc3cccnc3)c3ccc(C)cc3c2=O)cc1. The zero-order chi connectivity index (χ0) is 23.4. The summed E-state index contributed by atoms with van der Waals surface area (Å²) in [6.45, 7) is 3.94. The van der Waals surface area contributed by atoms with Crippen molar-refractivity contribution >= 4 is 16.6 Å². The first-order valence-electron chi connectivity index (χ1n) is 11.2. The molecule has 1 unspecified atom stereocenters. The van der Waals surface area contributed by atoms with Gasteiger partial charge in [0.15, 0.2) is 5.78 Å². The van der Waals surface area contributed by atoms with Gasteiger partial charge in [0, 0.05) is 24.2 Å². The molecule has 1 N–H and O–H groups in total. The quantitative estimate of drug-likeness (QED) is 0.451.